The van der Waals surface area contributed by atoms with Crippen LogP contribution in [0.25, 0.3) is 5.65 Å². The number of hydrogen-bond acceptors (Lipinski definition) is 4. The minimum absolute atomic E-state index is 0.0403. The molecule has 0 unspecified atom stereocenters. The van der Waals surface area contributed by atoms with Crippen molar-refractivity contribution in [3.05, 3.63) is 60.0 Å². The molecule has 1 N–H and O–H groups in total. The number of likely N-dealkylation sites (tertiary alicyclic amines) is 1. The Morgan fingerprint density at radius 3 is 2.69 bits per heavy atom. The number of nitrogens with one attached hydrogen (secondary N) is 1. The summed E-state index contributed by atoms with van der Waals surface area (Å²) in [5.41, 5.74) is 2.63. The fourth-order valence-corrected chi connectivity index (χ4v) is 3.76. The molecule has 0 radical (unpaired) electrons. The van der Waals surface area contributed by atoms with Gasteiger partial charge >= 0.3 is 0 Å². The maximum Gasteiger partial charge on any atom is 0.247 e. The molecule has 29 heavy (non-hydrogen) atoms. The molecule has 4 rings (SSSR count). The number of nitrogens with zero attached hydrogens (tertiary/aromatic N) is 4. The topological polar surface area (TPSA) is 79.6 Å². The Morgan fingerprint density at radius 2 is 1.93 bits per heavy atom. The van der Waals surface area contributed by atoms with E-state index in [0.29, 0.717) is 19.4 Å². The molecule has 1 saturated heterocycles. The molecule has 0 saturated carbocycles. The van der Waals surface area contributed by atoms with Crippen LogP contribution in [0.15, 0.2) is 48.7 Å². The van der Waals surface area contributed by atoms with Gasteiger partial charge in [-0.25, -0.2) is 0 Å². The summed E-state index contributed by atoms with van der Waals surface area (Å²) in [6.45, 7) is 4.39. The molecule has 1 aliphatic rings. The highest BCUT2D eigenvalue weighted by Crippen LogP contribution is 2.22. The van der Waals surface area contributed by atoms with Crippen LogP contribution in [0.5, 0.6) is 0 Å². The molecule has 2 amide bonds. The number of hydrogen-bond donors (Lipinski definition) is 1. The summed E-state index contributed by atoms with van der Waals surface area (Å²) in [6.07, 6.45) is 4.17. The van der Waals surface area contributed by atoms with Crippen LogP contribution >= 0.6 is 0 Å². The van der Waals surface area contributed by atoms with Gasteiger partial charge in [-0.05, 0) is 42.7 Å². The minimum atomic E-state index is -0.382. The third kappa shape index (κ3) is 3.99. The van der Waals surface area contributed by atoms with Gasteiger partial charge in [0.2, 0.25) is 11.8 Å². The zero-order valence-corrected chi connectivity index (χ0v) is 16.7. The number of amides is 2. The van der Waals surface area contributed by atoms with Crippen molar-refractivity contribution in [1.82, 2.24) is 19.5 Å². The first-order valence-electron chi connectivity index (χ1n) is 10.0. The molecule has 1 aliphatic heterocycles. The van der Waals surface area contributed by atoms with Crippen LogP contribution in [0.1, 0.15) is 38.1 Å². The van der Waals surface area contributed by atoms with Gasteiger partial charge in [-0.3, -0.25) is 14.0 Å². The van der Waals surface area contributed by atoms with Crippen molar-refractivity contribution in [2.45, 2.75) is 39.2 Å². The van der Waals surface area contributed by atoms with Gasteiger partial charge in [-0.15, -0.1) is 10.2 Å². The summed E-state index contributed by atoms with van der Waals surface area (Å²) in [5.74, 6) is 0.688. The summed E-state index contributed by atoms with van der Waals surface area (Å²) in [5, 5.41) is 11.4. The first kappa shape index (κ1) is 19.1. The van der Waals surface area contributed by atoms with Crippen LogP contribution in [0.4, 0.5) is 5.69 Å². The fraction of sp³-hybridized carbons (Fsp3) is 0.364. The lowest BCUT2D eigenvalue weighted by atomic mass is 10.1. The number of anilines is 1. The second-order valence-corrected chi connectivity index (χ2v) is 7.75. The summed E-state index contributed by atoms with van der Waals surface area (Å²) >= 11 is 0. The van der Waals surface area contributed by atoms with E-state index in [4.69, 9.17) is 0 Å². The van der Waals surface area contributed by atoms with Gasteiger partial charge in [0, 0.05) is 30.8 Å². The summed E-state index contributed by atoms with van der Waals surface area (Å²) in [6, 6.07) is 13.2. The molecule has 1 atom stereocenters. The van der Waals surface area contributed by atoms with E-state index in [9.17, 15) is 9.59 Å². The number of pyridine rings is 1. The SMILES string of the molecule is CC(C)C(=O)N1CCC[C@H]1C(=O)Nc1ccc(Cc2nnc3ccccn23)cc1. The van der Waals surface area contributed by atoms with E-state index >= 15 is 0 Å². The van der Waals surface area contributed by atoms with E-state index in [0.717, 1.165) is 29.1 Å². The van der Waals surface area contributed by atoms with Gasteiger partial charge in [0.1, 0.15) is 11.9 Å². The van der Waals surface area contributed by atoms with E-state index < -0.39 is 0 Å². The van der Waals surface area contributed by atoms with Crippen LogP contribution < -0.4 is 5.32 Å². The van der Waals surface area contributed by atoms with Crippen LogP contribution in [-0.2, 0) is 16.0 Å². The number of carbonyl (C=O) groups excluding carboxylic acids is 2. The van der Waals surface area contributed by atoms with Crippen molar-refractivity contribution in [2.24, 2.45) is 5.92 Å². The molecule has 0 bridgehead atoms. The fourth-order valence-electron chi connectivity index (χ4n) is 3.76. The lowest BCUT2D eigenvalue weighted by Crippen LogP contribution is -2.44. The van der Waals surface area contributed by atoms with Crippen molar-refractivity contribution >= 4 is 23.1 Å². The summed E-state index contributed by atoms with van der Waals surface area (Å²) in [7, 11) is 0. The zero-order chi connectivity index (χ0) is 20.4. The molecular formula is C22H25N5O2. The minimum Gasteiger partial charge on any atom is -0.330 e. The Morgan fingerprint density at radius 1 is 1.14 bits per heavy atom. The second kappa shape index (κ2) is 8.03. The standard InChI is InChI=1S/C22H25N5O2/c1-15(2)22(29)26-13-5-6-18(26)21(28)23-17-10-8-16(9-11-17)14-20-25-24-19-7-3-4-12-27(19)20/h3-4,7-12,15,18H,5-6,13-14H2,1-2H3,(H,23,28)/t18-/m0/s1. The van der Waals surface area contributed by atoms with Gasteiger partial charge in [-0.2, -0.15) is 0 Å². The normalized spacial score (nSPS) is 16.5. The van der Waals surface area contributed by atoms with Crippen molar-refractivity contribution in [3.8, 4) is 0 Å². The van der Waals surface area contributed by atoms with Gasteiger partial charge in [0.15, 0.2) is 5.65 Å². The van der Waals surface area contributed by atoms with Crippen LogP contribution in [0, 0.1) is 5.92 Å². The van der Waals surface area contributed by atoms with E-state index in [2.05, 4.69) is 15.5 Å². The van der Waals surface area contributed by atoms with Gasteiger partial charge in [0.05, 0.1) is 0 Å². The largest absolute Gasteiger partial charge is 0.330 e. The van der Waals surface area contributed by atoms with E-state index in [1.54, 1.807) is 4.90 Å². The predicted molar refractivity (Wildman–Crippen MR) is 110 cm³/mol. The average molecular weight is 391 g/mol. The highest BCUT2D eigenvalue weighted by molar-refractivity contribution is 5.97. The Bertz CT molecular complexity index is 1030. The van der Waals surface area contributed by atoms with Crippen molar-refractivity contribution < 1.29 is 9.59 Å². The lowest BCUT2D eigenvalue weighted by Gasteiger charge is -2.25. The number of fused-ring (bicyclic) bond motifs is 1. The third-order valence-corrected chi connectivity index (χ3v) is 5.30. The highest BCUT2D eigenvalue weighted by atomic mass is 16.2. The first-order chi connectivity index (χ1) is 14.0. The first-order valence-corrected chi connectivity index (χ1v) is 10.0. The molecule has 150 valence electrons. The van der Waals surface area contributed by atoms with E-state index in [-0.39, 0.29) is 23.8 Å². The molecular weight excluding hydrogens is 366 g/mol. The predicted octanol–water partition coefficient (Wildman–Crippen LogP) is 2.91. The zero-order valence-electron chi connectivity index (χ0n) is 16.7. The Kier molecular flexibility index (Phi) is 5.29. The average Bonchev–Trinajstić information content (AvgIpc) is 3.36. The summed E-state index contributed by atoms with van der Waals surface area (Å²) in [4.78, 5) is 26.8. The third-order valence-electron chi connectivity index (χ3n) is 5.30. The number of aromatic nitrogens is 3. The maximum absolute atomic E-state index is 12.7. The number of rotatable bonds is 5. The Balaban J connectivity index is 1.41. The monoisotopic (exact) mass is 391 g/mol. The second-order valence-electron chi connectivity index (χ2n) is 7.75. The van der Waals surface area contributed by atoms with Gasteiger partial charge in [-0.1, -0.05) is 32.0 Å². The Labute approximate surface area is 169 Å². The molecule has 7 nitrogen and oxygen atoms in total. The molecule has 7 heteroatoms. The molecule has 0 aliphatic carbocycles. The molecule has 3 aromatic rings. The van der Waals surface area contributed by atoms with Crippen molar-refractivity contribution in [2.75, 3.05) is 11.9 Å². The van der Waals surface area contributed by atoms with Gasteiger partial charge in [0.25, 0.3) is 0 Å². The van der Waals surface area contributed by atoms with E-state index in [1.165, 1.54) is 0 Å². The molecule has 1 aromatic carbocycles. The highest BCUT2D eigenvalue weighted by Gasteiger charge is 2.34. The summed E-state index contributed by atoms with van der Waals surface area (Å²) < 4.78 is 1.97. The van der Waals surface area contributed by atoms with Crippen LogP contribution in [-0.4, -0.2) is 43.9 Å². The molecule has 0 spiro atoms. The lowest BCUT2D eigenvalue weighted by molar-refractivity contribution is -0.139. The van der Waals surface area contributed by atoms with Crippen LogP contribution in [0.3, 0.4) is 0 Å². The molecule has 3 heterocycles. The Hall–Kier alpha value is -3.22. The quantitative estimate of drug-likeness (QED) is 0.725. The number of benzene rings is 1. The smallest absolute Gasteiger partial charge is 0.247 e. The van der Waals surface area contributed by atoms with Crippen molar-refractivity contribution in [3.63, 3.8) is 0 Å². The molecule has 1 fully saturated rings. The van der Waals surface area contributed by atoms with E-state index in [1.807, 2.05) is 66.9 Å². The maximum atomic E-state index is 12.7. The van der Waals surface area contributed by atoms with Crippen LogP contribution in [0.2, 0.25) is 0 Å². The number of carbonyl (C=O) groups is 2. The molecule has 2 aromatic heterocycles. The van der Waals surface area contributed by atoms with Crippen molar-refractivity contribution in [1.29, 1.82) is 0 Å². The van der Waals surface area contributed by atoms with Gasteiger partial charge < -0.3 is 10.2 Å².